The Morgan fingerprint density at radius 1 is 1.06 bits per heavy atom. The Kier molecular flexibility index (Phi) is 10.4. The van der Waals surface area contributed by atoms with Crippen LogP contribution in [0.3, 0.4) is 0 Å². The Labute approximate surface area is 207 Å². The van der Waals surface area contributed by atoms with Crippen molar-refractivity contribution in [2.45, 2.75) is 97.4 Å². The van der Waals surface area contributed by atoms with Gasteiger partial charge in [-0.25, -0.2) is 0 Å². The van der Waals surface area contributed by atoms with Gasteiger partial charge < -0.3 is 10.4 Å². The lowest BCUT2D eigenvalue weighted by atomic mass is 9.79. The van der Waals surface area contributed by atoms with E-state index in [1.54, 1.807) is 6.92 Å². The van der Waals surface area contributed by atoms with Crippen LogP contribution in [0.15, 0.2) is 36.4 Å². The average Bonchev–Trinajstić information content (AvgIpc) is 3.74. The maximum atomic E-state index is 11.6. The molecule has 3 heteroatoms. The van der Waals surface area contributed by atoms with Crippen molar-refractivity contribution < 1.29 is 9.90 Å². The molecule has 4 rings (SSSR count). The number of carboxylic acid groups (broad SMARTS) is 1. The Bertz CT molecular complexity index is 1010. The van der Waals surface area contributed by atoms with Crippen molar-refractivity contribution >= 4 is 5.97 Å². The van der Waals surface area contributed by atoms with Gasteiger partial charge in [-0.2, -0.15) is 0 Å². The van der Waals surface area contributed by atoms with Crippen molar-refractivity contribution in [2.75, 3.05) is 7.05 Å². The highest BCUT2D eigenvalue weighted by Gasteiger charge is 2.32. The van der Waals surface area contributed by atoms with Crippen LogP contribution < -0.4 is 5.32 Å². The normalized spacial score (nSPS) is 19.5. The highest BCUT2D eigenvalue weighted by molar-refractivity contribution is 5.80. The van der Waals surface area contributed by atoms with Gasteiger partial charge >= 0.3 is 5.97 Å². The van der Waals surface area contributed by atoms with Gasteiger partial charge in [-0.15, -0.1) is 0 Å². The van der Waals surface area contributed by atoms with E-state index in [-0.39, 0.29) is 0 Å². The molecular formula is C31H43NO2. The first-order chi connectivity index (χ1) is 16.3. The lowest BCUT2D eigenvalue weighted by Crippen LogP contribution is -2.31. The van der Waals surface area contributed by atoms with Crippen molar-refractivity contribution in [3.8, 4) is 11.8 Å². The van der Waals surface area contributed by atoms with Crippen LogP contribution >= 0.6 is 0 Å². The molecule has 2 N–H and O–H groups in total. The minimum atomic E-state index is -0.860. The summed E-state index contributed by atoms with van der Waals surface area (Å²) in [7, 11) is 2.03. The topological polar surface area (TPSA) is 49.3 Å². The molecule has 1 fully saturated rings. The molecule has 2 aromatic rings. The van der Waals surface area contributed by atoms with Crippen LogP contribution in [0.25, 0.3) is 0 Å². The number of hydrogen-bond acceptors (Lipinski definition) is 2. The van der Waals surface area contributed by atoms with Crippen molar-refractivity contribution in [3.63, 3.8) is 0 Å². The molecule has 3 nitrogen and oxygen atoms in total. The van der Waals surface area contributed by atoms with Gasteiger partial charge in [-0.3, -0.25) is 4.79 Å². The molecule has 0 bridgehead atoms. The molecule has 0 spiro atoms. The van der Waals surface area contributed by atoms with E-state index in [1.165, 1.54) is 48.8 Å². The number of aliphatic carboxylic acids is 1. The standard InChI is InChI=1S/C26H31NO2.C3H6.C2H6/c1-6-26(4,25(28)29)21-12-9-19(10-13-21)8-11-20-16-22-17(2)7-14-24(27-5)23(22)15-18(20)3;1-2-3-1;1-2/h9-10,12-13,15-17,24,27H,6-7,14H2,1-5H3,(H,28,29);1-3H2;1-2H3. The summed E-state index contributed by atoms with van der Waals surface area (Å²) in [6, 6.07) is 12.6. The highest BCUT2D eigenvalue weighted by atomic mass is 16.4. The van der Waals surface area contributed by atoms with Crippen molar-refractivity contribution in [1.29, 1.82) is 0 Å². The molecule has 0 aromatic heterocycles. The molecule has 0 heterocycles. The fourth-order valence-electron chi connectivity index (χ4n) is 4.18. The number of hydrogen-bond donors (Lipinski definition) is 2. The van der Waals surface area contributed by atoms with Gasteiger partial charge in [-0.1, -0.05) is 77.0 Å². The maximum absolute atomic E-state index is 11.6. The highest BCUT2D eigenvalue weighted by Crippen LogP contribution is 2.38. The van der Waals surface area contributed by atoms with E-state index in [0.29, 0.717) is 18.4 Å². The predicted molar refractivity (Wildman–Crippen MR) is 144 cm³/mol. The second-order valence-electron chi connectivity index (χ2n) is 9.49. The van der Waals surface area contributed by atoms with Gasteiger partial charge in [0.1, 0.15) is 0 Å². The summed E-state index contributed by atoms with van der Waals surface area (Å²) >= 11 is 0. The summed E-state index contributed by atoms with van der Waals surface area (Å²) in [4.78, 5) is 11.6. The third-order valence-corrected chi connectivity index (χ3v) is 6.97. The van der Waals surface area contributed by atoms with Gasteiger partial charge in [-0.05, 0) is 86.5 Å². The molecule has 0 aliphatic heterocycles. The van der Waals surface area contributed by atoms with Crippen LogP contribution in [0.4, 0.5) is 0 Å². The van der Waals surface area contributed by atoms with Crippen molar-refractivity contribution in [1.82, 2.24) is 5.32 Å². The minimum absolute atomic E-state index is 0.427. The zero-order valence-corrected chi connectivity index (χ0v) is 22.2. The number of fused-ring (bicyclic) bond motifs is 1. The second kappa shape index (κ2) is 12.8. The van der Waals surface area contributed by atoms with E-state index in [2.05, 4.69) is 43.1 Å². The molecule has 0 saturated heterocycles. The molecule has 0 amide bonds. The molecule has 2 aliphatic carbocycles. The molecule has 0 radical (unpaired) electrons. The monoisotopic (exact) mass is 461 g/mol. The summed E-state index contributed by atoms with van der Waals surface area (Å²) < 4.78 is 0. The number of rotatable bonds is 4. The molecular weight excluding hydrogens is 418 g/mol. The van der Waals surface area contributed by atoms with E-state index in [1.807, 2.05) is 52.1 Å². The Morgan fingerprint density at radius 3 is 2.18 bits per heavy atom. The van der Waals surface area contributed by atoms with Gasteiger partial charge in [0, 0.05) is 17.2 Å². The first-order valence-electron chi connectivity index (χ1n) is 13.0. The lowest BCUT2D eigenvalue weighted by Gasteiger charge is -2.30. The van der Waals surface area contributed by atoms with E-state index in [4.69, 9.17) is 0 Å². The van der Waals surface area contributed by atoms with Crippen LogP contribution in [0.2, 0.25) is 0 Å². The number of benzene rings is 2. The van der Waals surface area contributed by atoms with Crippen LogP contribution in [-0.2, 0) is 10.2 Å². The number of carboxylic acids is 1. The third-order valence-electron chi connectivity index (χ3n) is 6.97. The summed E-state index contributed by atoms with van der Waals surface area (Å²) in [5.74, 6) is 6.36. The van der Waals surface area contributed by atoms with E-state index < -0.39 is 11.4 Å². The zero-order valence-electron chi connectivity index (χ0n) is 22.2. The summed E-state index contributed by atoms with van der Waals surface area (Å²) in [5.41, 5.74) is 5.94. The Hall–Kier alpha value is -2.57. The number of aryl methyl sites for hydroxylation is 1. The minimum Gasteiger partial charge on any atom is -0.481 e. The maximum Gasteiger partial charge on any atom is 0.313 e. The second-order valence-corrected chi connectivity index (χ2v) is 9.49. The van der Waals surface area contributed by atoms with Crippen LogP contribution in [0.1, 0.15) is 118 Å². The molecule has 34 heavy (non-hydrogen) atoms. The van der Waals surface area contributed by atoms with E-state index in [0.717, 1.165) is 16.7 Å². The zero-order chi connectivity index (χ0) is 25.3. The van der Waals surface area contributed by atoms with Crippen LogP contribution in [-0.4, -0.2) is 18.1 Å². The van der Waals surface area contributed by atoms with Crippen LogP contribution in [0, 0.1) is 18.8 Å². The van der Waals surface area contributed by atoms with Gasteiger partial charge in [0.25, 0.3) is 0 Å². The molecule has 2 aliphatic rings. The van der Waals surface area contributed by atoms with Gasteiger partial charge in [0.15, 0.2) is 0 Å². The van der Waals surface area contributed by atoms with Crippen molar-refractivity contribution in [2.24, 2.45) is 0 Å². The SMILES string of the molecule is C1CC1.CC.CCC(C)(C(=O)O)c1ccc(C#Cc2cc3c(cc2C)C(NC)CCC3C)cc1. The molecule has 3 atom stereocenters. The smallest absolute Gasteiger partial charge is 0.313 e. The molecule has 184 valence electrons. The molecule has 3 unspecified atom stereocenters. The fraction of sp³-hybridized carbons (Fsp3) is 0.516. The summed E-state index contributed by atoms with van der Waals surface area (Å²) in [6.45, 7) is 12.1. The first kappa shape index (κ1) is 27.7. The summed E-state index contributed by atoms with van der Waals surface area (Å²) in [6.07, 6.45) is 7.41. The summed E-state index contributed by atoms with van der Waals surface area (Å²) in [5, 5.41) is 13.0. The average molecular weight is 462 g/mol. The lowest BCUT2D eigenvalue weighted by molar-refractivity contribution is -0.143. The Morgan fingerprint density at radius 2 is 1.68 bits per heavy atom. The third kappa shape index (κ3) is 6.73. The van der Waals surface area contributed by atoms with E-state index in [9.17, 15) is 9.90 Å². The molecule has 2 aromatic carbocycles. The number of nitrogens with one attached hydrogen (secondary N) is 1. The fourth-order valence-corrected chi connectivity index (χ4v) is 4.18. The predicted octanol–water partition coefficient (Wildman–Crippen LogP) is 7.50. The first-order valence-corrected chi connectivity index (χ1v) is 13.0. The number of carbonyl (C=O) groups is 1. The van der Waals surface area contributed by atoms with Crippen molar-refractivity contribution in [3.05, 3.63) is 69.8 Å². The van der Waals surface area contributed by atoms with Gasteiger partial charge in [0.05, 0.1) is 5.41 Å². The Balaban J connectivity index is 0.000000738. The van der Waals surface area contributed by atoms with Gasteiger partial charge in [0.2, 0.25) is 0 Å². The van der Waals surface area contributed by atoms with E-state index >= 15 is 0 Å². The quantitative estimate of drug-likeness (QED) is 0.463. The largest absolute Gasteiger partial charge is 0.481 e. The van der Waals surface area contributed by atoms with Crippen LogP contribution in [0.5, 0.6) is 0 Å². The molecule has 1 saturated carbocycles.